The van der Waals surface area contributed by atoms with E-state index in [1.807, 2.05) is 4.90 Å². The first-order chi connectivity index (χ1) is 8.00. The van der Waals surface area contributed by atoms with Crippen LogP contribution in [0.4, 0.5) is 5.69 Å². The Morgan fingerprint density at radius 3 is 2.47 bits per heavy atom. The van der Waals surface area contributed by atoms with Gasteiger partial charge in [-0.2, -0.15) is 0 Å². The maximum absolute atomic E-state index is 12.2. The van der Waals surface area contributed by atoms with E-state index in [1.54, 1.807) is 0 Å². The summed E-state index contributed by atoms with van der Waals surface area (Å²) in [5.74, 6) is 0.185. The molecule has 1 aliphatic heterocycles. The molecule has 0 N–H and O–H groups in total. The lowest BCUT2D eigenvalue weighted by atomic mass is 10.0. The van der Waals surface area contributed by atoms with E-state index in [0.717, 1.165) is 40.7 Å². The van der Waals surface area contributed by atoms with Crippen LogP contribution in [0, 0.1) is 13.8 Å². The van der Waals surface area contributed by atoms with Gasteiger partial charge in [0.15, 0.2) is 0 Å². The van der Waals surface area contributed by atoms with Crippen LogP contribution in [0.3, 0.4) is 0 Å². The molecule has 0 bridgehead atoms. The summed E-state index contributed by atoms with van der Waals surface area (Å²) in [4.78, 5) is 14.1. The highest BCUT2D eigenvalue weighted by Crippen LogP contribution is 2.32. The summed E-state index contributed by atoms with van der Waals surface area (Å²) in [7, 11) is 0. The molecule has 0 aliphatic carbocycles. The quantitative estimate of drug-likeness (QED) is 0.694. The molecule has 1 aromatic rings. The largest absolute Gasteiger partial charge is 0.311 e. The van der Waals surface area contributed by atoms with Crippen molar-refractivity contribution in [3.63, 3.8) is 0 Å². The normalized spacial score (nSPS) is 20.8. The van der Waals surface area contributed by atoms with Crippen molar-refractivity contribution in [3.05, 3.63) is 27.7 Å². The lowest BCUT2D eigenvalue weighted by Crippen LogP contribution is -2.42. The molecule has 0 aromatic heterocycles. The zero-order valence-corrected chi connectivity index (χ0v) is 13.1. The summed E-state index contributed by atoms with van der Waals surface area (Å²) >= 11 is 6.94. The summed E-state index contributed by atoms with van der Waals surface area (Å²) in [5.41, 5.74) is 3.36. The van der Waals surface area contributed by atoms with Crippen molar-refractivity contribution in [1.29, 1.82) is 0 Å². The summed E-state index contributed by atoms with van der Waals surface area (Å²) < 4.78 is 1.07. The van der Waals surface area contributed by atoms with Crippen LogP contribution >= 0.6 is 31.9 Å². The molecule has 4 heteroatoms. The van der Waals surface area contributed by atoms with Crippen LogP contribution in [0.1, 0.15) is 24.0 Å². The van der Waals surface area contributed by atoms with Gasteiger partial charge in [0.2, 0.25) is 5.91 Å². The number of halogens is 2. The molecule has 1 aromatic carbocycles. The molecular weight excluding hydrogens is 346 g/mol. The summed E-state index contributed by atoms with van der Waals surface area (Å²) in [5, 5.41) is 0. The van der Waals surface area contributed by atoms with Crippen LogP contribution in [-0.2, 0) is 4.79 Å². The van der Waals surface area contributed by atoms with Crippen LogP contribution in [0.5, 0.6) is 0 Å². The second-order valence-corrected chi connectivity index (χ2v) is 6.51. The molecule has 1 heterocycles. The Bertz CT molecular complexity index is 436. The zero-order valence-electron chi connectivity index (χ0n) is 9.96. The Morgan fingerprint density at radius 1 is 1.29 bits per heavy atom. The van der Waals surface area contributed by atoms with Gasteiger partial charge in [-0.1, -0.05) is 31.9 Å². The van der Waals surface area contributed by atoms with Crippen molar-refractivity contribution in [2.45, 2.75) is 31.5 Å². The first-order valence-electron chi connectivity index (χ1n) is 5.73. The number of amides is 1. The van der Waals surface area contributed by atoms with Gasteiger partial charge < -0.3 is 4.90 Å². The Hall–Kier alpha value is -0.350. The highest BCUT2D eigenvalue weighted by atomic mass is 79.9. The number of carbonyl (C=O) groups is 1. The first-order valence-corrected chi connectivity index (χ1v) is 7.44. The Kier molecular flexibility index (Phi) is 3.93. The average Bonchev–Trinajstić information content (AvgIpc) is 2.23. The van der Waals surface area contributed by atoms with E-state index in [-0.39, 0.29) is 10.7 Å². The third-order valence-electron chi connectivity index (χ3n) is 3.10. The molecule has 2 nitrogen and oxygen atoms in total. The average molecular weight is 361 g/mol. The molecule has 92 valence electrons. The summed E-state index contributed by atoms with van der Waals surface area (Å²) in [6, 6.07) is 4.13. The molecule has 1 amide bonds. The van der Waals surface area contributed by atoms with E-state index in [2.05, 4.69) is 57.8 Å². The second-order valence-electron chi connectivity index (χ2n) is 4.49. The Labute approximate surface area is 119 Å². The van der Waals surface area contributed by atoms with Gasteiger partial charge in [-0.3, -0.25) is 4.79 Å². The minimum absolute atomic E-state index is 0.0290. The fourth-order valence-electron chi connectivity index (χ4n) is 2.38. The third kappa shape index (κ3) is 2.58. The summed E-state index contributed by atoms with van der Waals surface area (Å²) in [6.07, 6.45) is 1.99. The molecule has 1 aliphatic rings. The van der Waals surface area contributed by atoms with Crippen LogP contribution < -0.4 is 4.90 Å². The number of anilines is 1. The number of benzene rings is 1. The fraction of sp³-hybridized carbons (Fsp3) is 0.462. The first kappa shape index (κ1) is 13.1. The molecule has 2 rings (SSSR count). The van der Waals surface area contributed by atoms with E-state index < -0.39 is 0 Å². The number of aryl methyl sites for hydroxylation is 2. The van der Waals surface area contributed by atoms with Crippen LogP contribution in [0.25, 0.3) is 0 Å². The van der Waals surface area contributed by atoms with E-state index in [9.17, 15) is 4.79 Å². The molecule has 17 heavy (non-hydrogen) atoms. The van der Waals surface area contributed by atoms with E-state index in [1.165, 1.54) is 0 Å². The van der Waals surface area contributed by atoms with Gasteiger partial charge in [0, 0.05) is 16.7 Å². The highest BCUT2D eigenvalue weighted by Gasteiger charge is 2.29. The van der Waals surface area contributed by atoms with Gasteiger partial charge in [-0.15, -0.1) is 0 Å². The van der Waals surface area contributed by atoms with Gasteiger partial charge in [0.05, 0.1) is 4.83 Å². The lowest BCUT2D eigenvalue weighted by Gasteiger charge is -2.32. The number of hydrogen-bond donors (Lipinski definition) is 0. The van der Waals surface area contributed by atoms with Gasteiger partial charge in [0.1, 0.15) is 0 Å². The van der Waals surface area contributed by atoms with Crippen molar-refractivity contribution in [1.82, 2.24) is 0 Å². The maximum atomic E-state index is 12.2. The van der Waals surface area contributed by atoms with Gasteiger partial charge in [-0.05, 0) is 49.9 Å². The lowest BCUT2D eigenvalue weighted by molar-refractivity contribution is -0.118. The predicted octanol–water partition coefficient (Wildman–Crippen LogP) is 3.96. The van der Waals surface area contributed by atoms with Crippen molar-refractivity contribution in [2.24, 2.45) is 0 Å². The third-order valence-corrected chi connectivity index (χ3v) is 4.41. The van der Waals surface area contributed by atoms with Crippen LogP contribution in [0.2, 0.25) is 0 Å². The van der Waals surface area contributed by atoms with E-state index >= 15 is 0 Å². The second kappa shape index (κ2) is 5.11. The van der Waals surface area contributed by atoms with Gasteiger partial charge >= 0.3 is 0 Å². The minimum atomic E-state index is -0.0290. The van der Waals surface area contributed by atoms with Crippen molar-refractivity contribution in [3.8, 4) is 0 Å². The van der Waals surface area contributed by atoms with Crippen molar-refractivity contribution in [2.75, 3.05) is 11.4 Å². The molecule has 1 atom stereocenters. The standard InChI is InChI=1S/C13H15Br2NO/c1-8-6-10(14)7-9(2)12(8)16-5-3-4-11(15)13(16)17/h6-7,11H,3-5H2,1-2H3/t11-/m0/s1. The summed E-state index contributed by atoms with van der Waals surface area (Å²) in [6.45, 7) is 4.93. The van der Waals surface area contributed by atoms with Gasteiger partial charge in [0.25, 0.3) is 0 Å². The topological polar surface area (TPSA) is 20.3 Å². The Balaban J connectivity index is 2.43. The molecule has 1 saturated heterocycles. The SMILES string of the molecule is Cc1cc(Br)cc(C)c1N1CCC[C@H](Br)C1=O. The van der Waals surface area contributed by atoms with Crippen LogP contribution in [0.15, 0.2) is 16.6 Å². The van der Waals surface area contributed by atoms with Crippen LogP contribution in [-0.4, -0.2) is 17.3 Å². The fourth-order valence-corrected chi connectivity index (χ4v) is 3.64. The molecule has 1 fully saturated rings. The smallest absolute Gasteiger partial charge is 0.240 e. The number of piperidine rings is 1. The van der Waals surface area contributed by atoms with E-state index in [4.69, 9.17) is 0 Å². The highest BCUT2D eigenvalue weighted by molar-refractivity contribution is 9.10. The van der Waals surface area contributed by atoms with E-state index in [0.29, 0.717) is 0 Å². The number of hydrogen-bond acceptors (Lipinski definition) is 1. The predicted molar refractivity (Wildman–Crippen MR) is 77.9 cm³/mol. The number of alkyl halides is 1. The maximum Gasteiger partial charge on any atom is 0.240 e. The molecule has 0 unspecified atom stereocenters. The molecule has 0 spiro atoms. The number of carbonyl (C=O) groups excluding carboxylic acids is 1. The van der Waals surface area contributed by atoms with Crippen molar-refractivity contribution >= 4 is 43.5 Å². The van der Waals surface area contributed by atoms with Crippen molar-refractivity contribution < 1.29 is 4.79 Å². The number of rotatable bonds is 1. The molecular formula is C13H15Br2NO. The van der Waals surface area contributed by atoms with Gasteiger partial charge in [-0.25, -0.2) is 0 Å². The zero-order chi connectivity index (χ0) is 12.6. The molecule has 0 saturated carbocycles. The monoisotopic (exact) mass is 359 g/mol. The number of nitrogens with zero attached hydrogens (tertiary/aromatic N) is 1. The Morgan fingerprint density at radius 2 is 1.88 bits per heavy atom. The molecule has 0 radical (unpaired) electrons. The minimum Gasteiger partial charge on any atom is -0.311 e.